The molecule has 1 atom stereocenters. The van der Waals surface area contributed by atoms with Crippen LogP contribution >= 0.6 is 27.5 Å². The van der Waals surface area contributed by atoms with E-state index >= 15 is 0 Å². The van der Waals surface area contributed by atoms with E-state index in [-0.39, 0.29) is 5.91 Å². The molecule has 0 heterocycles. The van der Waals surface area contributed by atoms with Crippen molar-refractivity contribution in [3.8, 4) is 0 Å². The summed E-state index contributed by atoms with van der Waals surface area (Å²) in [5, 5.41) is 2.05. The molecule has 0 aromatic heterocycles. The van der Waals surface area contributed by atoms with E-state index in [1.54, 1.807) is 0 Å². The maximum Gasteiger partial charge on any atom is 0.242 e. The van der Waals surface area contributed by atoms with Gasteiger partial charge in [-0.2, -0.15) is 0 Å². The zero-order valence-electron chi connectivity index (χ0n) is 8.68. The number of hydrogen-bond acceptors (Lipinski definition) is 1. The molecule has 15 heavy (non-hydrogen) atoms. The second-order valence-corrected chi connectivity index (χ2v) is 4.57. The summed E-state index contributed by atoms with van der Waals surface area (Å²) in [6.45, 7) is 4.45. The van der Waals surface area contributed by atoms with Crippen molar-refractivity contribution < 1.29 is 4.79 Å². The number of rotatable bonds is 3. The highest BCUT2D eigenvalue weighted by Gasteiger charge is 2.18. The molecule has 1 aromatic carbocycles. The van der Waals surface area contributed by atoms with E-state index in [4.69, 9.17) is 11.6 Å². The Balaban J connectivity index is 2.91. The molecule has 0 saturated carbocycles. The SMILES string of the molecule is CCNC(=O)C(Cl)c1ccc(C)cc1Br. The van der Waals surface area contributed by atoms with Gasteiger partial charge in [-0.25, -0.2) is 0 Å². The molecule has 1 unspecified atom stereocenters. The van der Waals surface area contributed by atoms with Crippen LogP contribution in [0.3, 0.4) is 0 Å². The van der Waals surface area contributed by atoms with Crippen LogP contribution in [-0.4, -0.2) is 12.5 Å². The highest BCUT2D eigenvalue weighted by molar-refractivity contribution is 9.10. The molecular weight excluding hydrogens is 277 g/mol. The maximum atomic E-state index is 11.5. The largest absolute Gasteiger partial charge is 0.355 e. The smallest absolute Gasteiger partial charge is 0.242 e. The van der Waals surface area contributed by atoms with Crippen LogP contribution in [0.15, 0.2) is 22.7 Å². The van der Waals surface area contributed by atoms with Gasteiger partial charge in [0.05, 0.1) is 0 Å². The molecule has 4 heteroatoms. The Morgan fingerprint density at radius 2 is 2.27 bits per heavy atom. The van der Waals surface area contributed by atoms with Crippen molar-refractivity contribution in [1.82, 2.24) is 5.32 Å². The summed E-state index contributed by atoms with van der Waals surface area (Å²) in [5.41, 5.74) is 1.93. The van der Waals surface area contributed by atoms with E-state index in [0.29, 0.717) is 6.54 Å². The number of benzene rings is 1. The molecule has 0 aliphatic heterocycles. The third-order valence-corrected chi connectivity index (χ3v) is 3.13. The second-order valence-electron chi connectivity index (χ2n) is 3.28. The summed E-state index contributed by atoms with van der Waals surface area (Å²) in [5.74, 6) is -0.163. The Kier molecular flexibility index (Phi) is 4.61. The van der Waals surface area contributed by atoms with E-state index < -0.39 is 5.38 Å². The fourth-order valence-electron chi connectivity index (χ4n) is 1.24. The standard InChI is InChI=1S/C11H13BrClNO/c1-3-14-11(15)10(13)8-5-4-7(2)6-9(8)12/h4-6,10H,3H2,1-2H3,(H,14,15). The van der Waals surface area contributed by atoms with Gasteiger partial charge < -0.3 is 5.32 Å². The number of amides is 1. The van der Waals surface area contributed by atoms with Crippen LogP contribution in [-0.2, 0) is 4.79 Å². The van der Waals surface area contributed by atoms with Gasteiger partial charge in [0.15, 0.2) is 0 Å². The summed E-state index contributed by atoms with van der Waals surface area (Å²) >= 11 is 9.45. The molecule has 0 aliphatic carbocycles. The van der Waals surface area contributed by atoms with Crippen molar-refractivity contribution in [3.05, 3.63) is 33.8 Å². The van der Waals surface area contributed by atoms with Crippen molar-refractivity contribution in [3.63, 3.8) is 0 Å². The van der Waals surface area contributed by atoms with Crippen LogP contribution in [0, 0.1) is 6.92 Å². The molecule has 0 aliphatic rings. The first-order valence-corrected chi connectivity index (χ1v) is 5.97. The predicted octanol–water partition coefficient (Wildman–Crippen LogP) is 3.17. The van der Waals surface area contributed by atoms with Crippen molar-refractivity contribution in [1.29, 1.82) is 0 Å². The van der Waals surface area contributed by atoms with Crippen LogP contribution < -0.4 is 5.32 Å². The highest BCUT2D eigenvalue weighted by Crippen LogP contribution is 2.28. The van der Waals surface area contributed by atoms with Crippen LogP contribution in [0.5, 0.6) is 0 Å². The molecule has 0 bridgehead atoms. The quantitative estimate of drug-likeness (QED) is 0.851. The van der Waals surface area contributed by atoms with E-state index in [2.05, 4.69) is 21.2 Å². The number of alkyl halides is 1. The summed E-state index contributed by atoms with van der Waals surface area (Å²) < 4.78 is 0.869. The molecule has 1 amide bonds. The Morgan fingerprint density at radius 1 is 1.60 bits per heavy atom. The molecular formula is C11H13BrClNO. The van der Waals surface area contributed by atoms with Crippen LogP contribution in [0.1, 0.15) is 23.4 Å². The maximum absolute atomic E-state index is 11.5. The minimum Gasteiger partial charge on any atom is -0.355 e. The molecule has 0 radical (unpaired) electrons. The first-order chi connectivity index (χ1) is 7.06. The third-order valence-electron chi connectivity index (χ3n) is 2.01. The zero-order chi connectivity index (χ0) is 11.4. The summed E-state index contributed by atoms with van der Waals surface area (Å²) in [6.07, 6.45) is 0. The van der Waals surface area contributed by atoms with Gasteiger partial charge in [0, 0.05) is 11.0 Å². The molecule has 1 N–H and O–H groups in total. The molecule has 1 aromatic rings. The van der Waals surface area contributed by atoms with E-state index in [9.17, 15) is 4.79 Å². The van der Waals surface area contributed by atoms with Gasteiger partial charge in [0.1, 0.15) is 5.38 Å². The predicted molar refractivity (Wildman–Crippen MR) is 66.2 cm³/mol. The van der Waals surface area contributed by atoms with Crippen molar-refractivity contribution in [2.24, 2.45) is 0 Å². The molecule has 1 rings (SSSR count). The first-order valence-electron chi connectivity index (χ1n) is 4.74. The molecule has 0 spiro atoms. The number of hydrogen-bond donors (Lipinski definition) is 1. The van der Waals surface area contributed by atoms with Crippen molar-refractivity contribution in [2.45, 2.75) is 19.2 Å². The Morgan fingerprint density at radius 3 is 2.80 bits per heavy atom. The van der Waals surface area contributed by atoms with E-state index in [1.165, 1.54) is 0 Å². The van der Waals surface area contributed by atoms with E-state index in [0.717, 1.165) is 15.6 Å². The van der Waals surface area contributed by atoms with E-state index in [1.807, 2.05) is 32.0 Å². The molecule has 0 saturated heterocycles. The monoisotopic (exact) mass is 289 g/mol. The molecule has 2 nitrogen and oxygen atoms in total. The lowest BCUT2D eigenvalue weighted by Gasteiger charge is -2.11. The lowest BCUT2D eigenvalue weighted by molar-refractivity contribution is -0.120. The fraction of sp³-hybridized carbons (Fsp3) is 0.364. The van der Waals surface area contributed by atoms with Gasteiger partial charge >= 0.3 is 0 Å². The Bertz CT molecular complexity index is 368. The summed E-state index contributed by atoms with van der Waals surface area (Å²) in [7, 11) is 0. The lowest BCUT2D eigenvalue weighted by atomic mass is 10.1. The summed E-state index contributed by atoms with van der Waals surface area (Å²) in [6, 6.07) is 5.75. The average molecular weight is 291 g/mol. The number of nitrogens with one attached hydrogen (secondary N) is 1. The molecule has 0 fully saturated rings. The summed E-state index contributed by atoms with van der Waals surface area (Å²) in [4.78, 5) is 11.5. The Labute approximate surface area is 103 Å². The van der Waals surface area contributed by atoms with Gasteiger partial charge in [0.25, 0.3) is 0 Å². The number of carbonyl (C=O) groups is 1. The number of aryl methyl sites for hydroxylation is 1. The fourth-order valence-corrected chi connectivity index (χ4v) is 2.36. The topological polar surface area (TPSA) is 29.1 Å². The van der Waals surface area contributed by atoms with Crippen LogP contribution in [0.25, 0.3) is 0 Å². The van der Waals surface area contributed by atoms with Gasteiger partial charge in [0.2, 0.25) is 5.91 Å². The lowest BCUT2D eigenvalue weighted by Crippen LogP contribution is -2.26. The van der Waals surface area contributed by atoms with Crippen molar-refractivity contribution in [2.75, 3.05) is 6.54 Å². The minimum atomic E-state index is -0.639. The van der Waals surface area contributed by atoms with Gasteiger partial charge in [-0.3, -0.25) is 4.79 Å². The number of likely N-dealkylation sites (N-methyl/N-ethyl adjacent to an activating group) is 1. The highest BCUT2D eigenvalue weighted by atomic mass is 79.9. The normalized spacial score (nSPS) is 12.3. The van der Waals surface area contributed by atoms with Gasteiger partial charge in [-0.15, -0.1) is 11.6 Å². The number of carbonyl (C=O) groups excluding carboxylic acids is 1. The first kappa shape index (κ1) is 12.5. The average Bonchev–Trinajstić information content (AvgIpc) is 2.17. The third kappa shape index (κ3) is 3.21. The van der Waals surface area contributed by atoms with Gasteiger partial charge in [-0.1, -0.05) is 28.1 Å². The second kappa shape index (κ2) is 5.52. The Hall–Kier alpha value is -0.540. The number of halogens is 2. The van der Waals surface area contributed by atoms with Gasteiger partial charge in [-0.05, 0) is 31.0 Å². The van der Waals surface area contributed by atoms with Crippen LogP contribution in [0.4, 0.5) is 0 Å². The minimum absolute atomic E-state index is 0.163. The zero-order valence-corrected chi connectivity index (χ0v) is 11.0. The molecule has 82 valence electrons. The van der Waals surface area contributed by atoms with Crippen LogP contribution in [0.2, 0.25) is 0 Å². The van der Waals surface area contributed by atoms with Crippen molar-refractivity contribution >= 4 is 33.4 Å².